The molecule has 10 nitrogen and oxygen atoms in total. The van der Waals surface area contributed by atoms with E-state index in [1.54, 1.807) is 0 Å². The van der Waals surface area contributed by atoms with Crippen molar-refractivity contribution in [3.05, 3.63) is 0 Å². The molecule has 4 saturated carbocycles. The van der Waals surface area contributed by atoms with E-state index in [0.29, 0.717) is 36.5 Å². The molecule has 6 rings (SSSR count). The molecular formula is C35H52O10. The summed E-state index contributed by atoms with van der Waals surface area (Å²) >= 11 is 0. The number of rotatable bonds is 5. The fraction of sp³-hybridized carbons (Fsp3) is 0.886. The maximum Gasteiger partial charge on any atom is 0.303 e. The van der Waals surface area contributed by atoms with Gasteiger partial charge in [0.25, 0.3) is 0 Å². The minimum absolute atomic E-state index is 0.00991. The molecule has 0 bridgehead atoms. The van der Waals surface area contributed by atoms with Crippen LogP contribution < -0.4 is 0 Å². The third-order valence-electron chi connectivity index (χ3n) is 13.2. The van der Waals surface area contributed by atoms with Crippen molar-refractivity contribution in [1.82, 2.24) is 0 Å². The van der Waals surface area contributed by atoms with E-state index in [1.165, 1.54) is 27.7 Å². The first-order chi connectivity index (χ1) is 21.0. The summed E-state index contributed by atoms with van der Waals surface area (Å²) in [4.78, 5) is 48.2. The highest BCUT2D eigenvalue weighted by molar-refractivity contribution is 5.68. The fourth-order valence-corrected chi connectivity index (χ4v) is 11.7. The number of hydrogen-bond donors (Lipinski definition) is 0. The lowest BCUT2D eigenvalue weighted by Gasteiger charge is -2.63. The Morgan fingerprint density at radius 2 is 1.36 bits per heavy atom. The van der Waals surface area contributed by atoms with E-state index in [-0.39, 0.29) is 59.4 Å². The van der Waals surface area contributed by atoms with Crippen LogP contribution in [-0.4, -0.2) is 66.3 Å². The van der Waals surface area contributed by atoms with Gasteiger partial charge in [0.15, 0.2) is 5.79 Å². The summed E-state index contributed by atoms with van der Waals surface area (Å²) in [5.41, 5.74) is -0.801. The Morgan fingerprint density at radius 3 is 2.00 bits per heavy atom. The van der Waals surface area contributed by atoms with Gasteiger partial charge in [0.05, 0.1) is 6.10 Å². The second-order valence-corrected chi connectivity index (χ2v) is 16.0. The number of fused-ring (bicyclic) bond motifs is 7. The molecule has 1 spiro atoms. The van der Waals surface area contributed by atoms with Gasteiger partial charge >= 0.3 is 23.9 Å². The van der Waals surface area contributed by atoms with Crippen molar-refractivity contribution >= 4 is 23.9 Å². The molecule has 0 aromatic carbocycles. The quantitative estimate of drug-likeness (QED) is 0.298. The molecule has 2 heterocycles. The second-order valence-electron chi connectivity index (χ2n) is 16.0. The molecule has 6 fully saturated rings. The molecule has 2 saturated heterocycles. The zero-order chi connectivity index (χ0) is 32.7. The molecule has 0 radical (unpaired) electrons. The molecule has 0 aromatic heterocycles. The van der Waals surface area contributed by atoms with E-state index in [9.17, 15) is 19.2 Å². The van der Waals surface area contributed by atoms with Gasteiger partial charge in [-0.25, -0.2) is 0 Å². The van der Waals surface area contributed by atoms with Crippen molar-refractivity contribution in [3.8, 4) is 0 Å². The van der Waals surface area contributed by atoms with Crippen molar-refractivity contribution in [2.24, 2.45) is 46.3 Å². The van der Waals surface area contributed by atoms with Gasteiger partial charge in [-0.1, -0.05) is 20.8 Å². The molecular weight excluding hydrogens is 580 g/mol. The molecule has 0 aromatic rings. The predicted octanol–water partition coefficient (Wildman–Crippen LogP) is 5.13. The Hall–Kier alpha value is -2.20. The van der Waals surface area contributed by atoms with Gasteiger partial charge in [-0.15, -0.1) is 0 Å². The van der Waals surface area contributed by atoms with Crippen molar-refractivity contribution in [2.45, 2.75) is 143 Å². The number of carbonyl (C=O) groups is 4. The van der Waals surface area contributed by atoms with Crippen molar-refractivity contribution in [1.29, 1.82) is 0 Å². The molecule has 45 heavy (non-hydrogen) atoms. The van der Waals surface area contributed by atoms with Crippen LogP contribution in [0.25, 0.3) is 0 Å². The summed E-state index contributed by atoms with van der Waals surface area (Å²) in [5.74, 6) is -0.542. The van der Waals surface area contributed by atoms with Crippen LogP contribution in [-0.2, 0) is 47.6 Å². The highest BCUT2D eigenvalue weighted by Crippen LogP contribution is 2.72. The van der Waals surface area contributed by atoms with Crippen LogP contribution in [0.2, 0.25) is 0 Å². The number of esters is 4. The number of hydrogen-bond acceptors (Lipinski definition) is 10. The first-order valence-corrected chi connectivity index (χ1v) is 17.0. The highest BCUT2D eigenvalue weighted by Gasteiger charge is 2.72. The van der Waals surface area contributed by atoms with E-state index in [4.69, 9.17) is 28.4 Å². The zero-order valence-corrected chi connectivity index (χ0v) is 28.2. The van der Waals surface area contributed by atoms with Crippen LogP contribution in [0.4, 0.5) is 0 Å². The zero-order valence-electron chi connectivity index (χ0n) is 28.2. The lowest BCUT2D eigenvalue weighted by Crippen LogP contribution is -2.62. The number of carbonyl (C=O) groups excluding carboxylic acids is 4. The molecule has 14 unspecified atom stereocenters. The van der Waals surface area contributed by atoms with E-state index < -0.39 is 29.6 Å². The monoisotopic (exact) mass is 632 g/mol. The van der Waals surface area contributed by atoms with E-state index in [2.05, 4.69) is 20.8 Å². The Bertz CT molecular complexity index is 1230. The summed E-state index contributed by atoms with van der Waals surface area (Å²) in [6, 6.07) is 0. The van der Waals surface area contributed by atoms with Crippen LogP contribution >= 0.6 is 0 Å². The van der Waals surface area contributed by atoms with Crippen LogP contribution in [0.3, 0.4) is 0 Å². The molecule has 2 aliphatic heterocycles. The largest absolute Gasteiger partial charge is 0.463 e. The van der Waals surface area contributed by atoms with E-state index in [0.717, 1.165) is 38.5 Å². The second kappa shape index (κ2) is 11.2. The average Bonchev–Trinajstić information content (AvgIpc) is 3.51. The molecule has 6 aliphatic rings. The van der Waals surface area contributed by atoms with Gasteiger partial charge in [-0.05, 0) is 86.4 Å². The maximum atomic E-state index is 12.5. The van der Waals surface area contributed by atoms with Gasteiger partial charge < -0.3 is 28.4 Å². The molecule has 4 aliphatic carbocycles. The summed E-state index contributed by atoms with van der Waals surface area (Å²) in [6.07, 6.45) is 5.04. The Balaban J connectivity index is 1.27. The molecule has 252 valence electrons. The van der Waals surface area contributed by atoms with E-state index >= 15 is 0 Å². The molecule has 10 heteroatoms. The summed E-state index contributed by atoms with van der Waals surface area (Å²) in [5, 5.41) is 0. The summed E-state index contributed by atoms with van der Waals surface area (Å²) in [7, 11) is 0. The minimum atomic E-state index is -0.675. The van der Waals surface area contributed by atoms with Crippen molar-refractivity contribution < 1.29 is 47.6 Å². The Labute approximate surface area is 266 Å². The third kappa shape index (κ3) is 5.39. The lowest BCUT2D eigenvalue weighted by molar-refractivity contribution is -0.265. The van der Waals surface area contributed by atoms with Crippen LogP contribution in [0.5, 0.6) is 0 Å². The van der Waals surface area contributed by atoms with E-state index in [1.807, 2.05) is 6.92 Å². The third-order valence-corrected chi connectivity index (χ3v) is 13.2. The van der Waals surface area contributed by atoms with Crippen LogP contribution in [0, 0.1) is 46.3 Å². The number of ether oxygens (including phenoxy) is 6. The SMILES string of the molecule is CC(=O)OCC1(C)CCC2(OC3CC4C5CC(OC(C)=O)C6CC(OC(C)=O)C(OC(C)=O)CC6(C)C5CCC4(C)C3C2C)O1. The molecule has 0 N–H and O–H groups in total. The molecule has 0 amide bonds. The normalized spacial score (nSPS) is 49.7. The lowest BCUT2D eigenvalue weighted by atomic mass is 9.43. The topological polar surface area (TPSA) is 124 Å². The van der Waals surface area contributed by atoms with Crippen LogP contribution in [0.1, 0.15) is 107 Å². The minimum Gasteiger partial charge on any atom is -0.463 e. The highest BCUT2D eigenvalue weighted by atomic mass is 16.7. The smallest absolute Gasteiger partial charge is 0.303 e. The first-order valence-electron chi connectivity index (χ1n) is 17.0. The van der Waals surface area contributed by atoms with Crippen molar-refractivity contribution in [2.75, 3.05) is 6.61 Å². The molecule has 14 atom stereocenters. The standard InChI is InChI=1S/C35H52O10/c1-18-31-29(44-35(18)12-11-32(6,45-35)17-40-19(2)36)14-25-23-13-27(41-20(3)37)26-15-28(42-21(4)38)30(43-22(5)39)16-34(26,8)24(23)9-10-33(25,31)7/h18,23-31H,9-17H2,1-8H3. The van der Waals surface area contributed by atoms with Gasteiger partial charge in [-0.2, -0.15) is 0 Å². The van der Waals surface area contributed by atoms with Gasteiger partial charge in [0.1, 0.15) is 30.5 Å². The van der Waals surface area contributed by atoms with Crippen LogP contribution in [0.15, 0.2) is 0 Å². The van der Waals surface area contributed by atoms with Crippen molar-refractivity contribution in [3.63, 3.8) is 0 Å². The summed E-state index contributed by atoms with van der Waals surface area (Å²) in [6.45, 7) is 14.9. The average molecular weight is 633 g/mol. The first kappa shape index (κ1) is 32.7. The summed E-state index contributed by atoms with van der Waals surface area (Å²) < 4.78 is 36.7. The van der Waals surface area contributed by atoms with Gasteiger partial charge in [-0.3, -0.25) is 19.2 Å². The fourth-order valence-electron chi connectivity index (χ4n) is 11.7. The maximum absolute atomic E-state index is 12.5. The van der Waals surface area contributed by atoms with Gasteiger partial charge in [0.2, 0.25) is 0 Å². The Morgan fingerprint density at radius 1 is 0.711 bits per heavy atom. The predicted molar refractivity (Wildman–Crippen MR) is 160 cm³/mol. The van der Waals surface area contributed by atoms with Gasteiger partial charge in [0, 0.05) is 46.0 Å². The Kier molecular flexibility index (Phi) is 8.15.